The van der Waals surface area contributed by atoms with Crippen LogP contribution in [0.2, 0.25) is 0 Å². The van der Waals surface area contributed by atoms with Crippen molar-refractivity contribution in [2.75, 3.05) is 7.11 Å². The number of ketones is 3. The van der Waals surface area contributed by atoms with Gasteiger partial charge in [-0.05, 0) is 49.8 Å². The van der Waals surface area contributed by atoms with Gasteiger partial charge in [-0.2, -0.15) is 0 Å². The predicted molar refractivity (Wildman–Crippen MR) is 163 cm³/mol. The molecule has 0 saturated heterocycles. The summed E-state index contributed by atoms with van der Waals surface area (Å²) in [6.45, 7) is 15.8. The first-order valence-electron chi connectivity index (χ1n) is 15.2. The van der Waals surface area contributed by atoms with Gasteiger partial charge >= 0.3 is 0 Å². The molecule has 0 bridgehead atoms. The van der Waals surface area contributed by atoms with Gasteiger partial charge in [0.15, 0.2) is 17.3 Å². The number of Topliss-reactive ketones (excluding diaryl/α,β-unsaturated/α-hetero) is 3. The van der Waals surface area contributed by atoms with E-state index in [2.05, 4.69) is 26.8 Å². The van der Waals surface area contributed by atoms with Gasteiger partial charge in [0.25, 0.3) is 0 Å². The van der Waals surface area contributed by atoms with E-state index in [1.165, 1.54) is 13.3 Å². The number of aryl methyl sites for hydroxylation is 1. The molecule has 0 amide bonds. The van der Waals surface area contributed by atoms with E-state index in [4.69, 9.17) is 9.47 Å². The van der Waals surface area contributed by atoms with Crippen LogP contribution in [0.5, 0.6) is 11.5 Å². The fourth-order valence-corrected chi connectivity index (χ4v) is 6.25. The van der Waals surface area contributed by atoms with Crippen molar-refractivity contribution >= 4 is 17.3 Å². The number of hydrogen-bond acceptors (Lipinski definition) is 5. The molecule has 0 spiro atoms. The summed E-state index contributed by atoms with van der Waals surface area (Å²) in [5.74, 6) is 1.34. The molecule has 1 aliphatic carbocycles. The van der Waals surface area contributed by atoms with E-state index < -0.39 is 0 Å². The third-order valence-corrected chi connectivity index (χ3v) is 7.74. The average molecular weight is 551 g/mol. The van der Waals surface area contributed by atoms with E-state index in [0.717, 1.165) is 40.7 Å². The van der Waals surface area contributed by atoms with Crippen LogP contribution in [0.15, 0.2) is 30.3 Å². The summed E-state index contributed by atoms with van der Waals surface area (Å²) in [6, 6.07) is 9.97. The summed E-state index contributed by atoms with van der Waals surface area (Å²) in [6.07, 6.45) is 4.58. The van der Waals surface area contributed by atoms with Gasteiger partial charge in [-0.1, -0.05) is 85.1 Å². The lowest BCUT2D eigenvalue weighted by molar-refractivity contribution is -0.130. The lowest BCUT2D eigenvalue weighted by Gasteiger charge is -2.41. The van der Waals surface area contributed by atoms with Crippen LogP contribution in [0.3, 0.4) is 0 Å². The fourth-order valence-electron chi connectivity index (χ4n) is 6.25. The largest absolute Gasteiger partial charge is 0.493 e. The quantitative estimate of drug-likeness (QED) is 0.276. The smallest absolute Gasteiger partial charge is 0.169 e. The first-order valence-corrected chi connectivity index (χ1v) is 15.2. The molecular weight excluding hydrogens is 500 g/mol. The summed E-state index contributed by atoms with van der Waals surface area (Å²) in [7, 11) is 1.64. The highest BCUT2D eigenvalue weighted by Gasteiger charge is 2.43. The van der Waals surface area contributed by atoms with E-state index in [9.17, 15) is 14.4 Å². The lowest BCUT2D eigenvalue weighted by atomic mass is 9.69. The molecule has 0 saturated carbocycles. The Labute approximate surface area is 242 Å². The Kier molecular flexibility index (Phi) is 13.1. The highest BCUT2D eigenvalue weighted by atomic mass is 16.5. The van der Waals surface area contributed by atoms with E-state index in [1.54, 1.807) is 7.11 Å². The minimum atomic E-state index is -0.277. The van der Waals surface area contributed by atoms with Gasteiger partial charge in [0.05, 0.1) is 13.5 Å². The highest BCUT2D eigenvalue weighted by Crippen LogP contribution is 2.54. The number of benzene rings is 2. The topological polar surface area (TPSA) is 69.7 Å². The zero-order valence-corrected chi connectivity index (χ0v) is 26.2. The van der Waals surface area contributed by atoms with Crippen molar-refractivity contribution < 1.29 is 23.9 Å². The SMILES string of the molecule is CC.CCC.CCCC(CC1CC(=O)c2c(C)ccc3c2C1Oc1c(OC)cccc1-3)C(CC)C(=O)CC(C)=O. The maximum Gasteiger partial charge on any atom is 0.169 e. The Hall–Kier alpha value is -2.95. The van der Waals surface area contributed by atoms with Gasteiger partial charge in [0, 0.05) is 34.9 Å². The van der Waals surface area contributed by atoms with Crippen molar-refractivity contribution in [3.8, 4) is 22.6 Å². The molecule has 40 heavy (non-hydrogen) atoms. The molecule has 0 fully saturated rings. The van der Waals surface area contributed by atoms with Crippen molar-refractivity contribution in [3.05, 3.63) is 47.0 Å². The molecule has 2 aromatic rings. The number of ether oxygens (including phenoxy) is 2. The molecule has 0 aromatic heterocycles. The van der Waals surface area contributed by atoms with E-state index in [-0.39, 0.29) is 47.6 Å². The molecule has 4 atom stereocenters. The van der Waals surface area contributed by atoms with Crippen LogP contribution in [0.4, 0.5) is 0 Å². The van der Waals surface area contributed by atoms with Gasteiger partial charge in [-0.15, -0.1) is 0 Å². The molecule has 5 nitrogen and oxygen atoms in total. The van der Waals surface area contributed by atoms with Crippen molar-refractivity contribution in [2.24, 2.45) is 17.8 Å². The van der Waals surface area contributed by atoms with Gasteiger partial charge < -0.3 is 9.47 Å². The second-order valence-electron chi connectivity index (χ2n) is 10.8. The highest BCUT2D eigenvalue weighted by molar-refractivity contribution is 6.03. The van der Waals surface area contributed by atoms with Gasteiger partial charge in [0.1, 0.15) is 17.7 Å². The average Bonchev–Trinajstić information content (AvgIpc) is 2.92. The second kappa shape index (κ2) is 15.7. The summed E-state index contributed by atoms with van der Waals surface area (Å²) in [4.78, 5) is 38.1. The summed E-state index contributed by atoms with van der Waals surface area (Å²) in [5, 5.41) is 0. The molecule has 220 valence electrons. The van der Waals surface area contributed by atoms with E-state index in [1.807, 2.05) is 52.0 Å². The van der Waals surface area contributed by atoms with Crippen LogP contribution in [0, 0.1) is 24.7 Å². The standard InChI is InChI=1S/C30H36O5.C3H8.C2H6/c1-6-9-19(21(7-2)24(32)14-18(4)31)15-20-16-25(33)27-17(3)12-13-22-23-10-8-11-26(34-5)30(23)35-29(20)28(22)27;1-3-2;1-2/h8,10-13,19-21,29H,6-7,9,14-16H2,1-5H3;3H2,1-2H3;1-2H3. The van der Waals surface area contributed by atoms with Crippen LogP contribution < -0.4 is 9.47 Å². The van der Waals surface area contributed by atoms with Crippen molar-refractivity contribution in [1.29, 1.82) is 0 Å². The van der Waals surface area contributed by atoms with Crippen LogP contribution in [-0.4, -0.2) is 24.5 Å². The Morgan fingerprint density at radius 2 is 1.73 bits per heavy atom. The van der Waals surface area contributed by atoms with Crippen LogP contribution in [-0.2, 0) is 9.59 Å². The predicted octanol–water partition coefficient (Wildman–Crippen LogP) is 9.13. The Morgan fingerprint density at radius 1 is 1.05 bits per heavy atom. The zero-order valence-electron chi connectivity index (χ0n) is 26.2. The van der Waals surface area contributed by atoms with Gasteiger partial charge in [0.2, 0.25) is 0 Å². The minimum absolute atomic E-state index is 0.0149. The molecule has 2 aliphatic rings. The molecule has 0 radical (unpaired) electrons. The maximum absolute atomic E-state index is 13.5. The molecule has 0 N–H and O–H groups in total. The Bertz CT molecular complexity index is 1160. The molecular formula is C35H50O5. The number of rotatable bonds is 10. The molecule has 1 heterocycles. The fraction of sp³-hybridized carbons (Fsp3) is 0.571. The normalized spacial score (nSPS) is 17.9. The summed E-state index contributed by atoms with van der Waals surface area (Å²) < 4.78 is 12.3. The third-order valence-electron chi connectivity index (χ3n) is 7.74. The molecule has 5 heteroatoms. The lowest BCUT2D eigenvalue weighted by Crippen LogP contribution is -2.35. The molecule has 2 aromatic carbocycles. The monoisotopic (exact) mass is 550 g/mol. The number of hydrogen-bond donors (Lipinski definition) is 0. The first kappa shape index (κ1) is 33.3. The number of para-hydroxylation sites is 1. The van der Waals surface area contributed by atoms with Crippen molar-refractivity contribution in [3.63, 3.8) is 0 Å². The molecule has 1 aliphatic heterocycles. The molecule has 4 unspecified atom stereocenters. The summed E-state index contributed by atoms with van der Waals surface area (Å²) >= 11 is 0. The minimum Gasteiger partial charge on any atom is -0.493 e. The third kappa shape index (κ3) is 7.21. The Balaban J connectivity index is 0.00000105. The van der Waals surface area contributed by atoms with Crippen LogP contribution in [0.1, 0.15) is 121 Å². The number of methoxy groups -OCH3 is 1. The number of carbonyl (C=O) groups is 3. The van der Waals surface area contributed by atoms with Crippen LogP contribution >= 0.6 is 0 Å². The van der Waals surface area contributed by atoms with Crippen LogP contribution in [0.25, 0.3) is 11.1 Å². The van der Waals surface area contributed by atoms with E-state index >= 15 is 0 Å². The van der Waals surface area contributed by atoms with Crippen molar-refractivity contribution in [1.82, 2.24) is 0 Å². The summed E-state index contributed by atoms with van der Waals surface area (Å²) in [5.41, 5.74) is 4.70. The van der Waals surface area contributed by atoms with Gasteiger partial charge in [-0.25, -0.2) is 0 Å². The second-order valence-corrected chi connectivity index (χ2v) is 10.8. The molecule has 4 rings (SSSR count). The number of carbonyl (C=O) groups excluding carboxylic acids is 3. The van der Waals surface area contributed by atoms with Gasteiger partial charge in [-0.3, -0.25) is 14.4 Å². The van der Waals surface area contributed by atoms with Crippen molar-refractivity contribution in [2.45, 2.75) is 106 Å². The number of fused-ring (bicyclic) bond motifs is 2. The maximum atomic E-state index is 13.5. The zero-order chi connectivity index (χ0) is 30.0. The van der Waals surface area contributed by atoms with E-state index in [0.29, 0.717) is 30.8 Å². The first-order chi connectivity index (χ1) is 19.2. The Morgan fingerprint density at radius 3 is 2.30 bits per heavy atom.